The number of nitrogens with zero attached hydrogens (tertiary/aromatic N) is 1. The van der Waals surface area contributed by atoms with Crippen molar-refractivity contribution in [3.8, 4) is 0 Å². The number of rotatable bonds is 7. The molecule has 1 aromatic carbocycles. The number of benzene rings is 1. The van der Waals surface area contributed by atoms with Crippen molar-refractivity contribution in [3.63, 3.8) is 0 Å². The van der Waals surface area contributed by atoms with E-state index in [1.54, 1.807) is 7.11 Å². The van der Waals surface area contributed by atoms with Gasteiger partial charge in [-0.1, -0.05) is 12.1 Å². The van der Waals surface area contributed by atoms with Crippen LogP contribution in [0.2, 0.25) is 0 Å². The Bertz CT molecular complexity index is 786. The lowest BCUT2D eigenvalue weighted by Gasteiger charge is -2.18. The number of nitrogens with two attached hydrogens (primary N) is 1. The fourth-order valence-corrected chi connectivity index (χ4v) is 2.97. The van der Waals surface area contributed by atoms with Crippen LogP contribution in [-0.2, 0) is 11.3 Å². The molecule has 6 N–H and O–H groups in total. The van der Waals surface area contributed by atoms with E-state index in [1.807, 2.05) is 31.2 Å². The second kappa shape index (κ2) is 7.96. The zero-order chi connectivity index (χ0) is 18.7. The Morgan fingerprint density at radius 1 is 1.46 bits per heavy atom. The minimum Gasteiger partial charge on any atom is -0.383 e. The third-order valence-electron chi connectivity index (χ3n) is 4.22. The van der Waals surface area contributed by atoms with Crippen LogP contribution in [0.15, 0.2) is 24.3 Å². The Kier molecular flexibility index (Phi) is 5.67. The van der Waals surface area contributed by atoms with Gasteiger partial charge in [0, 0.05) is 43.1 Å². The Morgan fingerprint density at radius 3 is 3.00 bits per heavy atom. The van der Waals surface area contributed by atoms with Crippen LogP contribution >= 0.6 is 0 Å². The predicted octanol–water partition coefficient (Wildman–Crippen LogP) is 1.75. The number of hydrogen-bond donors (Lipinski definition) is 5. The van der Waals surface area contributed by atoms with Gasteiger partial charge in [0.15, 0.2) is 11.6 Å². The van der Waals surface area contributed by atoms with Gasteiger partial charge in [0.2, 0.25) is 0 Å². The third-order valence-corrected chi connectivity index (χ3v) is 4.22. The molecule has 140 valence electrons. The van der Waals surface area contributed by atoms with Crippen LogP contribution in [0.1, 0.15) is 22.9 Å². The quantitative estimate of drug-likeness (QED) is 0.512. The van der Waals surface area contributed by atoms with E-state index in [9.17, 15) is 9.50 Å². The Labute approximate surface area is 151 Å². The number of ether oxygens (including phenoxy) is 1. The highest BCUT2D eigenvalue weighted by Gasteiger charge is 2.30. The third kappa shape index (κ3) is 3.94. The van der Waals surface area contributed by atoms with Gasteiger partial charge in [-0.2, -0.15) is 0 Å². The van der Waals surface area contributed by atoms with E-state index in [4.69, 9.17) is 10.5 Å². The average Bonchev–Trinajstić information content (AvgIpc) is 2.99. The first-order chi connectivity index (χ1) is 12.5. The molecule has 7 nitrogen and oxygen atoms in total. The zero-order valence-corrected chi connectivity index (χ0v) is 14.8. The Balaban J connectivity index is 1.92. The van der Waals surface area contributed by atoms with Crippen molar-refractivity contribution in [2.75, 3.05) is 30.9 Å². The van der Waals surface area contributed by atoms with Crippen LogP contribution in [0.3, 0.4) is 0 Å². The summed E-state index contributed by atoms with van der Waals surface area (Å²) in [6.45, 7) is 2.88. The largest absolute Gasteiger partial charge is 0.383 e. The first-order valence-corrected chi connectivity index (χ1v) is 8.45. The molecule has 0 amide bonds. The fraction of sp³-hybridized carbons (Fsp3) is 0.389. The second-order valence-electron chi connectivity index (χ2n) is 6.39. The number of aryl methyl sites for hydroxylation is 1. The maximum absolute atomic E-state index is 14.8. The summed E-state index contributed by atoms with van der Waals surface area (Å²) in [5, 5.41) is 19.1. The summed E-state index contributed by atoms with van der Waals surface area (Å²) in [5.41, 5.74) is 8.60. The number of methoxy groups -OCH3 is 1. The molecule has 0 saturated heterocycles. The number of anilines is 3. The van der Waals surface area contributed by atoms with Gasteiger partial charge < -0.3 is 26.2 Å². The number of aromatic nitrogens is 1. The number of aliphatic hydroxyl groups is 1. The molecular weight excluding hydrogens is 337 g/mol. The predicted molar refractivity (Wildman–Crippen MR) is 98.8 cm³/mol. The highest BCUT2D eigenvalue weighted by atomic mass is 19.1. The lowest BCUT2D eigenvalue weighted by atomic mass is 10.1. The summed E-state index contributed by atoms with van der Waals surface area (Å²) >= 11 is 0. The fourth-order valence-electron chi connectivity index (χ4n) is 2.97. The molecule has 0 aliphatic carbocycles. The number of aliphatic hydroxyl groups excluding tert-OH is 1. The number of hydrogen-bond acceptors (Lipinski definition) is 7. The number of fused-ring (bicyclic) bond motifs is 1. The van der Waals surface area contributed by atoms with Gasteiger partial charge in [-0.25, -0.2) is 9.37 Å². The van der Waals surface area contributed by atoms with Crippen LogP contribution in [-0.4, -0.2) is 36.4 Å². The van der Waals surface area contributed by atoms with Crippen LogP contribution in [0, 0.1) is 12.7 Å². The van der Waals surface area contributed by atoms with Crippen LogP contribution in [0.5, 0.6) is 0 Å². The van der Waals surface area contributed by atoms with Gasteiger partial charge in [0.1, 0.15) is 12.0 Å². The molecule has 2 unspecified atom stereocenters. The van der Waals surface area contributed by atoms with Crippen molar-refractivity contribution in [2.24, 2.45) is 5.73 Å². The van der Waals surface area contributed by atoms with E-state index in [-0.39, 0.29) is 18.4 Å². The van der Waals surface area contributed by atoms with E-state index in [2.05, 4.69) is 20.9 Å². The molecule has 3 rings (SSSR count). The molecule has 8 heteroatoms. The molecule has 0 saturated carbocycles. The van der Waals surface area contributed by atoms with E-state index in [0.717, 1.165) is 11.3 Å². The van der Waals surface area contributed by atoms with E-state index >= 15 is 0 Å². The lowest BCUT2D eigenvalue weighted by Crippen LogP contribution is -2.33. The van der Waals surface area contributed by atoms with Crippen molar-refractivity contribution in [2.45, 2.75) is 25.7 Å². The number of nitrogens with one attached hydrogen (secondary N) is 3. The first-order valence-electron chi connectivity index (χ1n) is 8.45. The molecule has 1 aliphatic heterocycles. The SMILES string of the molecule is COCC(N)CNc1nc(Nc2cccc(C)c2)c2c(c1F)CNC2O. The average molecular weight is 361 g/mol. The molecule has 0 bridgehead atoms. The van der Waals surface area contributed by atoms with E-state index < -0.39 is 12.0 Å². The summed E-state index contributed by atoms with van der Waals surface area (Å²) in [7, 11) is 1.56. The number of halogens is 1. The minimum atomic E-state index is -0.968. The normalized spacial score (nSPS) is 17.0. The molecular formula is C18H24FN5O2. The van der Waals surface area contributed by atoms with Crippen molar-refractivity contribution in [3.05, 3.63) is 46.8 Å². The molecule has 1 aliphatic rings. The van der Waals surface area contributed by atoms with Crippen LogP contribution < -0.4 is 21.7 Å². The summed E-state index contributed by atoms with van der Waals surface area (Å²) in [5.74, 6) is 0.0251. The molecule has 2 aromatic rings. The number of pyridine rings is 1. The van der Waals surface area contributed by atoms with Gasteiger partial charge >= 0.3 is 0 Å². The van der Waals surface area contributed by atoms with Gasteiger partial charge in [0.05, 0.1) is 6.61 Å². The minimum absolute atomic E-state index is 0.0985. The van der Waals surface area contributed by atoms with Gasteiger partial charge in [0.25, 0.3) is 0 Å². The molecule has 2 atom stereocenters. The smallest absolute Gasteiger partial charge is 0.170 e. The molecule has 0 fully saturated rings. The first kappa shape index (κ1) is 18.5. The highest BCUT2D eigenvalue weighted by Crippen LogP contribution is 2.35. The monoisotopic (exact) mass is 361 g/mol. The maximum Gasteiger partial charge on any atom is 0.170 e. The van der Waals surface area contributed by atoms with Crippen LogP contribution in [0.4, 0.5) is 21.7 Å². The standard InChI is InChI=1S/C18H24FN5O2/c1-10-4-3-5-12(6-10)23-16-14-13(8-22-18(14)25)15(19)17(24-16)21-7-11(20)9-26-2/h3-6,11,18,22,25H,7-9,20H2,1-2H3,(H2,21,23,24). The van der Waals surface area contributed by atoms with E-state index in [0.29, 0.717) is 30.1 Å². The molecule has 1 aromatic heterocycles. The van der Waals surface area contributed by atoms with Crippen molar-refractivity contribution >= 4 is 17.3 Å². The molecule has 2 heterocycles. The van der Waals surface area contributed by atoms with Crippen molar-refractivity contribution in [1.82, 2.24) is 10.3 Å². The zero-order valence-electron chi connectivity index (χ0n) is 14.8. The lowest BCUT2D eigenvalue weighted by molar-refractivity contribution is 0.152. The van der Waals surface area contributed by atoms with Crippen molar-refractivity contribution in [1.29, 1.82) is 0 Å². The van der Waals surface area contributed by atoms with E-state index in [1.165, 1.54) is 0 Å². The van der Waals surface area contributed by atoms with Crippen molar-refractivity contribution < 1.29 is 14.2 Å². The van der Waals surface area contributed by atoms with Gasteiger partial charge in [-0.3, -0.25) is 5.32 Å². The summed E-state index contributed by atoms with van der Waals surface area (Å²) in [6, 6.07) is 7.45. The maximum atomic E-state index is 14.8. The van der Waals surface area contributed by atoms with Gasteiger partial charge in [-0.05, 0) is 24.6 Å². The van der Waals surface area contributed by atoms with Crippen LogP contribution in [0.25, 0.3) is 0 Å². The molecule has 0 spiro atoms. The Hall–Kier alpha value is -2.26. The second-order valence-corrected chi connectivity index (χ2v) is 6.39. The summed E-state index contributed by atoms with van der Waals surface area (Å²) in [6.07, 6.45) is -0.968. The van der Waals surface area contributed by atoms with Gasteiger partial charge in [-0.15, -0.1) is 0 Å². The summed E-state index contributed by atoms with van der Waals surface area (Å²) in [4.78, 5) is 4.36. The molecule has 26 heavy (non-hydrogen) atoms. The highest BCUT2D eigenvalue weighted by molar-refractivity contribution is 5.66. The molecule has 0 radical (unpaired) electrons. The summed E-state index contributed by atoms with van der Waals surface area (Å²) < 4.78 is 19.8. The topological polar surface area (TPSA) is 104 Å². The Morgan fingerprint density at radius 2 is 2.27 bits per heavy atom.